The fraction of sp³-hybridized carbons (Fsp3) is 0.853. The first kappa shape index (κ1) is 32.4. The van der Waals surface area contributed by atoms with Crippen molar-refractivity contribution in [2.75, 3.05) is 38.5 Å². The number of halogens is 1. The van der Waals surface area contributed by atoms with Gasteiger partial charge in [0, 0.05) is 46.6 Å². The number of piperidine rings is 3. The Morgan fingerprint density at radius 1 is 1.16 bits per heavy atom. The predicted molar refractivity (Wildman–Crippen MR) is 178 cm³/mol. The molecule has 4 aliphatic heterocycles. The molecular weight excluding hydrogens is 610 g/mol. The highest BCUT2D eigenvalue weighted by atomic mass is 35.5. The Labute approximate surface area is 277 Å². The van der Waals surface area contributed by atoms with E-state index in [0.29, 0.717) is 36.8 Å². The Morgan fingerprint density at radius 3 is 2.87 bits per heavy atom. The van der Waals surface area contributed by atoms with Crippen LogP contribution in [-0.2, 0) is 28.9 Å². The zero-order valence-corrected chi connectivity index (χ0v) is 28.5. The average molecular weight is 662 g/mol. The molecule has 2 aliphatic carbocycles. The van der Waals surface area contributed by atoms with Crippen molar-refractivity contribution in [1.29, 1.82) is 0 Å². The van der Waals surface area contributed by atoms with E-state index in [-0.39, 0.29) is 40.3 Å². The summed E-state index contributed by atoms with van der Waals surface area (Å²) < 4.78 is 8.53. The van der Waals surface area contributed by atoms with E-state index in [9.17, 15) is 14.7 Å². The van der Waals surface area contributed by atoms with Crippen molar-refractivity contribution in [2.45, 2.75) is 113 Å². The minimum absolute atomic E-state index is 0.00470. The lowest BCUT2D eigenvalue weighted by Crippen LogP contribution is -2.57. The zero-order chi connectivity index (χ0) is 31.2. The van der Waals surface area contributed by atoms with E-state index in [2.05, 4.69) is 22.5 Å². The summed E-state index contributed by atoms with van der Waals surface area (Å²) in [7, 11) is 0. The topological polar surface area (TPSA) is 109 Å². The smallest absolute Gasteiger partial charge is 0.308 e. The number of hydrogen-bond donors (Lipinski definition) is 3. The summed E-state index contributed by atoms with van der Waals surface area (Å²) in [6.45, 7) is 9.71. The van der Waals surface area contributed by atoms with Crippen molar-refractivity contribution in [3.05, 3.63) is 27.4 Å². The summed E-state index contributed by atoms with van der Waals surface area (Å²) in [5.41, 5.74) is 2.05. The van der Waals surface area contributed by atoms with Gasteiger partial charge in [0.1, 0.15) is 5.82 Å². The lowest BCUT2D eigenvalue weighted by molar-refractivity contribution is -0.142. The fourth-order valence-corrected chi connectivity index (χ4v) is 12.1. The molecule has 250 valence electrons. The molecule has 0 spiro atoms. The molecule has 5 heterocycles. The van der Waals surface area contributed by atoms with Crippen molar-refractivity contribution in [3.8, 4) is 0 Å². The molecule has 5 fully saturated rings. The maximum atomic E-state index is 13.9. The maximum Gasteiger partial charge on any atom is 0.308 e. The Morgan fingerprint density at radius 2 is 2.02 bits per heavy atom. The highest BCUT2D eigenvalue weighted by Gasteiger charge is 2.51. The molecule has 0 bridgehead atoms. The first-order valence-corrected chi connectivity index (χ1v) is 19.2. The third-order valence-corrected chi connectivity index (χ3v) is 14.3. The summed E-state index contributed by atoms with van der Waals surface area (Å²) in [6.07, 6.45) is 9.19. The number of thioether (sulfide) groups is 1. The van der Waals surface area contributed by atoms with E-state index in [1.54, 1.807) is 0 Å². The lowest BCUT2D eigenvalue weighted by Gasteiger charge is -2.47. The highest BCUT2D eigenvalue weighted by molar-refractivity contribution is 8.00. The Hall–Kier alpha value is -1.17. The van der Waals surface area contributed by atoms with Crippen LogP contribution in [0, 0.1) is 36.5 Å². The van der Waals surface area contributed by atoms with Gasteiger partial charge in [0.15, 0.2) is 0 Å². The first-order valence-electron chi connectivity index (χ1n) is 17.7. The SMILES string of the molecule is Cc1nc2c(c(=O)n1CCOC1CCC(Cl)CC1C1CC(C)NC3C(C(=O)O)CSC13)CC(N1CCC3CCNCC3C1)CC2. The van der Waals surface area contributed by atoms with Gasteiger partial charge >= 0.3 is 5.97 Å². The summed E-state index contributed by atoms with van der Waals surface area (Å²) in [6, 6.07) is 0.694. The van der Waals surface area contributed by atoms with Crippen LogP contribution >= 0.6 is 23.4 Å². The van der Waals surface area contributed by atoms with Crippen LogP contribution in [0.5, 0.6) is 0 Å². The molecule has 11 heteroatoms. The summed E-state index contributed by atoms with van der Waals surface area (Å²) in [5, 5.41) is 17.5. The summed E-state index contributed by atoms with van der Waals surface area (Å²) in [5.74, 6) is 2.66. The van der Waals surface area contributed by atoms with Gasteiger partial charge in [0.2, 0.25) is 0 Å². The van der Waals surface area contributed by atoms with Gasteiger partial charge in [-0.05, 0) is 115 Å². The van der Waals surface area contributed by atoms with Crippen molar-refractivity contribution in [1.82, 2.24) is 25.1 Å². The molecule has 6 aliphatic rings. The molecule has 45 heavy (non-hydrogen) atoms. The number of fused-ring (bicyclic) bond motifs is 3. The molecule has 1 saturated carbocycles. The molecule has 3 N–H and O–H groups in total. The zero-order valence-electron chi connectivity index (χ0n) is 27.0. The number of hydrogen-bond acceptors (Lipinski definition) is 8. The van der Waals surface area contributed by atoms with Gasteiger partial charge < -0.3 is 20.5 Å². The van der Waals surface area contributed by atoms with E-state index in [4.69, 9.17) is 21.3 Å². The predicted octanol–water partition coefficient (Wildman–Crippen LogP) is 3.32. The van der Waals surface area contributed by atoms with E-state index in [1.165, 1.54) is 12.8 Å². The number of carboxylic acid groups (broad SMARTS) is 1. The van der Waals surface area contributed by atoms with Crippen LogP contribution in [0.15, 0.2) is 4.79 Å². The Balaban J connectivity index is 1.01. The quantitative estimate of drug-likeness (QED) is 0.380. The molecule has 1 aromatic heterocycles. The van der Waals surface area contributed by atoms with Crippen molar-refractivity contribution < 1.29 is 14.6 Å². The van der Waals surface area contributed by atoms with Crippen LogP contribution in [0.3, 0.4) is 0 Å². The Kier molecular flexibility index (Phi) is 9.89. The van der Waals surface area contributed by atoms with Gasteiger partial charge in [-0.15, -0.1) is 11.6 Å². The monoisotopic (exact) mass is 661 g/mol. The van der Waals surface area contributed by atoms with E-state index < -0.39 is 5.97 Å². The second-order valence-corrected chi connectivity index (χ2v) is 16.8. The number of carboxylic acids is 1. The van der Waals surface area contributed by atoms with Crippen LogP contribution in [0.25, 0.3) is 0 Å². The highest BCUT2D eigenvalue weighted by Crippen LogP contribution is 2.48. The molecule has 0 radical (unpaired) electrons. The number of aryl methyl sites for hydroxylation is 2. The second-order valence-electron chi connectivity index (χ2n) is 15.0. The number of rotatable bonds is 7. The lowest BCUT2D eigenvalue weighted by atomic mass is 9.70. The average Bonchev–Trinajstić information content (AvgIpc) is 3.46. The fourth-order valence-electron chi connectivity index (χ4n) is 9.92. The van der Waals surface area contributed by atoms with Crippen molar-refractivity contribution in [3.63, 3.8) is 0 Å². The number of nitrogens with one attached hydrogen (secondary N) is 2. The molecule has 7 rings (SSSR count). The first-order chi connectivity index (χ1) is 21.8. The number of nitrogens with zero attached hydrogens (tertiary/aromatic N) is 3. The molecule has 9 nitrogen and oxygen atoms in total. The molecular formula is C34H52ClN5O4S. The van der Waals surface area contributed by atoms with Crippen molar-refractivity contribution in [2.24, 2.45) is 29.6 Å². The molecule has 0 aromatic carbocycles. The molecule has 1 aromatic rings. The number of aliphatic carboxylic acids is 1. The van der Waals surface area contributed by atoms with E-state index in [1.807, 2.05) is 23.3 Å². The van der Waals surface area contributed by atoms with Gasteiger partial charge in [0.05, 0.1) is 30.9 Å². The minimum Gasteiger partial charge on any atom is -0.481 e. The number of carbonyl (C=O) groups is 1. The van der Waals surface area contributed by atoms with E-state index in [0.717, 1.165) is 100 Å². The standard InChI is InChI=1S/C34H52ClN5O4S/c1-19-13-26(32-31(37-19)28(18-45-32)34(42)43)25-14-23(35)3-6-30(25)44-12-11-40-20(2)38-29-5-4-24(15-27(29)33(40)41)39-10-8-21-7-9-36-16-22(21)17-39/h19,21-26,28,30-32,36-37H,3-18H2,1-2H3,(H,42,43). The molecule has 0 amide bonds. The third kappa shape index (κ3) is 6.62. The van der Waals surface area contributed by atoms with Gasteiger partial charge in [-0.1, -0.05) is 0 Å². The van der Waals surface area contributed by atoms with Crippen LogP contribution in [-0.4, -0.2) is 98.9 Å². The number of alkyl halides is 1. The van der Waals surface area contributed by atoms with Gasteiger partial charge in [-0.2, -0.15) is 11.8 Å². The summed E-state index contributed by atoms with van der Waals surface area (Å²) in [4.78, 5) is 33.6. The number of likely N-dealkylation sites (tertiary alicyclic amines) is 1. The van der Waals surface area contributed by atoms with Crippen LogP contribution < -0.4 is 16.2 Å². The third-order valence-electron chi connectivity index (χ3n) is 12.3. The largest absolute Gasteiger partial charge is 0.481 e. The van der Waals surface area contributed by atoms with Gasteiger partial charge in [-0.3, -0.25) is 19.1 Å². The number of aromatic nitrogens is 2. The van der Waals surface area contributed by atoms with E-state index >= 15 is 0 Å². The van der Waals surface area contributed by atoms with Crippen molar-refractivity contribution >= 4 is 29.3 Å². The van der Waals surface area contributed by atoms with Crippen LogP contribution in [0.2, 0.25) is 0 Å². The minimum atomic E-state index is -0.695. The maximum absolute atomic E-state index is 13.9. The molecule has 4 saturated heterocycles. The van der Waals surface area contributed by atoms with Crippen LogP contribution in [0.4, 0.5) is 0 Å². The summed E-state index contributed by atoms with van der Waals surface area (Å²) >= 11 is 8.58. The van der Waals surface area contributed by atoms with Gasteiger partial charge in [0.25, 0.3) is 5.56 Å². The Bertz CT molecular complexity index is 1300. The van der Waals surface area contributed by atoms with Crippen LogP contribution in [0.1, 0.15) is 69.0 Å². The normalized spacial score (nSPS) is 40.4. The second kappa shape index (κ2) is 13.7. The number of ether oxygens (including phenoxy) is 1. The molecule has 11 atom stereocenters. The van der Waals surface area contributed by atoms with Gasteiger partial charge in [-0.25, -0.2) is 4.98 Å². The molecule has 11 unspecified atom stereocenters.